The number of nitrogens with zero attached hydrogens (tertiary/aromatic N) is 3. The van der Waals surface area contributed by atoms with Gasteiger partial charge in [-0.25, -0.2) is 9.97 Å². The van der Waals surface area contributed by atoms with Crippen molar-refractivity contribution in [1.29, 1.82) is 0 Å². The third-order valence-electron chi connectivity index (χ3n) is 3.37. The molecule has 2 rings (SSSR count). The van der Waals surface area contributed by atoms with Crippen LogP contribution in [0.5, 0.6) is 0 Å². The molecule has 1 aromatic heterocycles. The van der Waals surface area contributed by atoms with E-state index in [2.05, 4.69) is 27.1 Å². The Morgan fingerprint density at radius 3 is 3.05 bits per heavy atom. The zero-order valence-corrected chi connectivity index (χ0v) is 11.3. The number of nitrogens with one attached hydrogen (secondary N) is 1. The average molecular weight is 264 g/mol. The van der Waals surface area contributed by atoms with E-state index in [0.717, 1.165) is 18.9 Å². The Bertz CT molecular complexity index is 452. The van der Waals surface area contributed by atoms with E-state index in [0.29, 0.717) is 11.7 Å². The molecule has 1 aromatic rings. The number of anilines is 2. The molecular formula is C13H20N4O2. The number of carboxylic acid groups (broad SMARTS) is 1. The van der Waals surface area contributed by atoms with Gasteiger partial charge < -0.3 is 15.3 Å². The average Bonchev–Trinajstić information content (AvgIpc) is 2.39. The summed E-state index contributed by atoms with van der Waals surface area (Å²) in [5, 5.41) is 11.7. The first kappa shape index (κ1) is 13.6. The van der Waals surface area contributed by atoms with Crippen LogP contribution in [0.3, 0.4) is 0 Å². The van der Waals surface area contributed by atoms with Gasteiger partial charge >= 0.3 is 5.97 Å². The van der Waals surface area contributed by atoms with Crippen LogP contribution in [-0.4, -0.2) is 40.2 Å². The molecule has 1 fully saturated rings. The summed E-state index contributed by atoms with van der Waals surface area (Å²) in [4.78, 5) is 21.4. The summed E-state index contributed by atoms with van der Waals surface area (Å²) in [7, 11) is 0. The van der Waals surface area contributed by atoms with E-state index in [9.17, 15) is 4.79 Å². The summed E-state index contributed by atoms with van der Waals surface area (Å²) in [6, 6.07) is 1.15. The monoisotopic (exact) mass is 264 g/mol. The summed E-state index contributed by atoms with van der Waals surface area (Å²) in [6.07, 6.45) is 3.90. The van der Waals surface area contributed by atoms with E-state index in [1.165, 1.54) is 19.2 Å². The lowest BCUT2D eigenvalue weighted by atomic mass is 10.0. The minimum absolute atomic E-state index is 0.554. The van der Waals surface area contributed by atoms with Crippen LogP contribution in [0.15, 0.2) is 12.4 Å². The number of rotatable bonds is 4. The molecule has 0 amide bonds. The molecule has 2 N–H and O–H groups in total. The van der Waals surface area contributed by atoms with E-state index in [1.807, 2.05) is 6.07 Å². The Hall–Kier alpha value is -1.85. The third-order valence-corrected chi connectivity index (χ3v) is 3.37. The summed E-state index contributed by atoms with van der Waals surface area (Å²) in [5.74, 6) is 1.18. The second-order valence-corrected chi connectivity index (χ2v) is 5.16. The van der Waals surface area contributed by atoms with E-state index in [4.69, 9.17) is 5.11 Å². The highest BCUT2D eigenvalue weighted by atomic mass is 16.4. The van der Waals surface area contributed by atoms with E-state index < -0.39 is 12.0 Å². The predicted molar refractivity (Wildman–Crippen MR) is 73.4 cm³/mol. The molecule has 1 aliphatic rings. The van der Waals surface area contributed by atoms with Crippen LogP contribution in [0.4, 0.5) is 11.6 Å². The fourth-order valence-corrected chi connectivity index (χ4v) is 2.28. The van der Waals surface area contributed by atoms with Crippen molar-refractivity contribution in [3.63, 3.8) is 0 Å². The minimum atomic E-state index is -0.897. The molecule has 0 aliphatic carbocycles. The first-order valence-electron chi connectivity index (χ1n) is 6.62. The van der Waals surface area contributed by atoms with Crippen molar-refractivity contribution in [3.8, 4) is 0 Å². The van der Waals surface area contributed by atoms with Gasteiger partial charge in [-0.2, -0.15) is 0 Å². The fraction of sp³-hybridized carbons (Fsp3) is 0.615. The van der Waals surface area contributed by atoms with Crippen molar-refractivity contribution in [3.05, 3.63) is 12.4 Å². The Morgan fingerprint density at radius 1 is 1.58 bits per heavy atom. The molecule has 0 aromatic carbocycles. The van der Waals surface area contributed by atoms with Crippen molar-refractivity contribution in [2.75, 3.05) is 23.3 Å². The Balaban J connectivity index is 2.08. The summed E-state index contributed by atoms with van der Waals surface area (Å²) in [6.45, 7) is 5.81. The molecular weight excluding hydrogens is 244 g/mol. The zero-order valence-electron chi connectivity index (χ0n) is 11.3. The molecule has 0 radical (unpaired) electrons. The molecule has 0 saturated carbocycles. The Kier molecular flexibility index (Phi) is 4.19. The highest BCUT2D eigenvalue weighted by Gasteiger charge is 2.18. The van der Waals surface area contributed by atoms with Crippen molar-refractivity contribution < 1.29 is 9.90 Å². The predicted octanol–water partition coefficient (Wildman–Crippen LogP) is 1.60. The summed E-state index contributed by atoms with van der Waals surface area (Å²) < 4.78 is 0. The molecule has 6 nitrogen and oxygen atoms in total. The molecule has 104 valence electrons. The largest absolute Gasteiger partial charge is 0.480 e. The van der Waals surface area contributed by atoms with Gasteiger partial charge in [-0.05, 0) is 25.7 Å². The fourth-order valence-electron chi connectivity index (χ4n) is 2.28. The van der Waals surface area contributed by atoms with Crippen LogP contribution in [-0.2, 0) is 4.79 Å². The second kappa shape index (κ2) is 5.86. The third kappa shape index (κ3) is 3.56. The van der Waals surface area contributed by atoms with Crippen molar-refractivity contribution in [1.82, 2.24) is 9.97 Å². The lowest BCUT2D eigenvalue weighted by Crippen LogP contribution is -2.35. The number of hydrogen-bond donors (Lipinski definition) is 2. The van der Waals surface area contributed by atoms with Gasteiger partial charge in [0.05, 0.1) is 0 Å². The van der Waals surface area contributed by atoms with Gasteiger partial charge in [-0.15, -0.1) is 0 Å². The highest BCUT2D eigenvalue weighted by molar-refractivity contribution is 5.76. The molecule has 0 bridgehead atoms. The standard InChI is InChI=1S/C13H20N4O2/c1-9-4-3-5-17(7-9)12-6-11(14-8-15-12)16-10(2)13(18)19/h6,8-10H,3-5,7H2,1-2H3,(H,18,19)(H,14,15,16). The Labute approximate surface area is 112 Å². The molecule has 0 spiro atoms. The molecule has 1 saturated heterocycles. The Morgan fingerprint density at radius 2 is 2.37 bits per heavy atom. The highest BCUT2D eigenvalue weighted by Crippen LogP contribution is 2.22. The second-order valence-electron chi connectivity index (χ2n) is 5.16. The van der Waals surface area contributed by atoms with E-state index in [1.54, 1.807) is 6.92 Å². The van der Waals surface area contributed by atoms with Crippen LogP contribution in [0.1, 0.15) is 26.7 Å². The van der Waals surface area contributed by atoms with Crippen molar-refractivity contribution in [2.24, 2.45) is 5.92 Å². The number of hydrogen-bond acceptors (Lipinski definition) is 5. The molecule has 1 aliphatic heterocycles. The topological polar surface area (TPSA) is 78.4 Å². The maximum Gasteiger partial charge on any atom is 0.325 e. The van der Waals surface area contributed by atoms with Crippen LogP contribution in [0.2, 0.25) is 0 Å². The lowest BCUT2D eigenvalue weighted by Gasteiger charge is -2.31. The maximum atomic E-state index is 10.8. The van der Waals surface area contributed by atoms with E-state index >= 15 is 0 Å². The molecule has 2 heterocycles. The maximum absolute atomic E-state index is 10.8. The molecule has 2 unspecified atom stereocenters. The summed E-state index contributed by atoms with van der Waals surface area (Å²) >= 11 is 0. The van der Waals surface area contributed by atoms with Crippen LogP contribution >= 0.6 is 0 Å². The van der Waals surface area contributed by atoms with Gasteiger partial charge in [0, 0.05) is 19.2 Å². The van der Waals surface area contributed by atoms with Gasteiger partial charge in [0.15, 0.2) is 0 Å². The first-order chi connectivity index (χ1) is 9.06. The van der Waals surface area contributed by atoms with Gasteiger partial charge in [-0.1, -0.05) is 6.92 Å². The van der Waals surface area contributed by atoms with E-state index in [-0.39, 0.29) is 0 Å². The van der Waals surface area contributed by atoms with Crippen LogP contribution in [0, 0.1) is 5.92 Å². The number of carbonyl (C=O) groups is 1. The number of aliphatic carboxylic acids is 1. The minimum Gasteiger partial charge on any atom is -0.480 e. The van der Waals surface area contributed by atoms with Gasteiger partial charge in [0.1, 0.15) is 24.0 Å². The van der Waals surface area contributed by atoms with Crippen molar-refractivity contribution in [2.45, 2.75) is 32.7 Å². The van der Waals surface area contributed by atoms with Gasteiger partial charge in [0.25, 0.3) is 0 Å². The normalized spacial score (nSPS) is 20.9. The van der Waals surface area contributed by atoms with Gasteiger partial charge in [0.2, 0.25) is 0 Å². The number of piperidine rings is 1. The molecule has 19 heavy (non-hydrogen) atoms. The first-order valence-corrected chi connectivity index (χ1v) is 6.62. The van der Waals surface area contributed by atoms with Crippen molar-refractivity contribution >= 4 is 17.6 Å². The SMILES string of the molecule is CC1CCCN(c2cc(NC(C)C(=O)O)ncn2)C1. The summed E-state index contributed by atoms with van der Waals surface area (Å²) in [5.41, 5.74) is 0. The van der Waals surface area contributed by atoms with Crippen LogP contribution in [0.25, 0.3) is 0 Å². The lowest BCUT2D eigenvalue weighted by molar-refractivity contribution is -0.137. The zero-order chi connectivity index (χ0) is 13.8. The van der Waals surface area contributed by atoms with Crippen LogP contribution < -0.4 is 10.2 Å². The van der Waals surface area contributed by atoms with Gasteiger partial charge in [-0.3, -0.25) is 4.79 Å². The smallest absolute Gasteiger partial charge is 0.325 e. The number of aromatic nitrogens is 2. The molecule has 2 atom stereocenters. The molecule has 6 heteroatoms. The number of carboxylic acids is 1. The quantitative estimate of drug-likeness (QED) is 0.860.